The van der Waals surface area contributed by atoms with Crippen molar-refractivity contribution in [3.05, 3.63) is 11.6 Å². The Kier molecular flexibility index (Phi) is 4.82. The monoisotopic (exact) mass is 211 g/mol. The molecular formula is C12H21NO2. The molecule has 0 aromatic heterocycles. The van der Waals surface area contributed by atoms with E-state index in [0.29, 0.717) is 12.6 Å². The molecule has 1 aliphatic rings. The van der Waals surface area contributed by atoms with Crippen LogP contribution in [0.1, 0.15) is 39.5 Å². The van der Waals surface area contributed by atoms with Crippen molar-refractivity contribution in [2.75, 3.05) is 13.2 Å². The van der Waals surface area contributed by atoms with Crippen LogP contribution in [0.15, 0.2) is 11.6 Å². The second-order valence-electron chi connectivity index (χ2n) is 4.10. The molecule has 0 radical (unpaired) electrons. The van der Waals surface area contributed by atoms with Crippen molar-refractivity contribution in [2.24, 2.45) is 0 Å². The van der Waals surface area contributed by atoms with Crippen molar-refractivity contribution in [1.29, 1.82) is 0 Å². The topological polar surface area (TPSA) is 40.5 Å². The summed E-state index contributed by atoms with van der Waals surface area (Å²) in [7, 11) is 0. The minimum atomic E-state index is 0.0572. The lowest BCUT2D eigenvalue weighted by Gasteiger charge is -2.37. The fourth-order valence-corrected chi connectivity index (χ4v) is 1.88. The van der Waals surface area contributed by atoms with Crippen molar-refractivity contribution < 1.29 is 9.90 Å². The molecule has 0 heterocycles. The smallest absolute Gasteiger partial charge is 0.249 e. The van der Waals surface area contributed by atoms with Gasteiger partial charge in [-0.05, 0) is 32.6 Å². The molecule has 3 nitrogen and oxygen atoms in total. The number of carbonyl (C=O) groups excluding carboxylic acids is 1. The van der Waals surface area contributed by atoms with E-state index in [1.54, 1.807) is 0 Å². The van der Waals surface area contributed by atoms with Gasteiger partial charge >= 0.3 is 0 Å². The molecule has 1 rings (SSSR count). The summed E-state index contributed by atoms with van der Waals surface area (Å²) in [6, 6.07) is 0.366. The van der Waals surface area contributed by atoms with Crippen LogP contribution in [0.4, 0.5) is 0 Å². The zero-order valence-corrected chi connectivity index (χ0v) is 9.70. The van der Waals surface area contributed by atoms with Gasteiger partial charge in [-0.3, -0.25) is 4.79 Å². The molecule has 0 aromatic rings. The third-order valence-corrected chi connectivity index (χ3v) is 2.96. The maximum absolute atomic E-state index is 12.0. The molecule has 1 fully saturated rings. The third kappa shape index (κ3) is 3.06. The quantitative estimate of drug-likeness (QED) is 0.703. The Bertz CT molecular complexity index is 244. The number of aliphatic hydroxyl groups is 1. The molecule has 0 saturated heterocycles. The van der Waals surface area contributed by atoms with Crippen LogP contribution >= 0.6 is 0 Å². The molecule has 1 amide bonds. The Labute approximate surface area is 91.8 Å². The Balaban J connectivity index is 2.61. The van der Waals surface area contributed by atoms with Crippen molar-refractivity contribution in [1.82, 2.24) is 4.90 Å². The first-order chi connectivity index (χ1) is 7.20. The lowest BCUT2D eigenvalue weighted by molar-refractivity contribution is -0.131. The Morgan fingerprint density at radius 3 is 2.60 bits per heavy atom. The van der Waals surface area contributed by atoms with E-state index in [1.165, 1.54) is 6.42 Å². The van der Waals surface area contributed by atoms with Crippen LogP contribution in [0.3, 0.4) is 0 Å². The first-order valence-corrected chi connectivity index (χ1v) is 5.79. The van der Waals surface area contributed by atoms with E-state index < -0.39 is 0 Å². The zero-order valence-electron chi connectivity index (χ0n) is 9.70. The third-order valence-electron chi connectivity index (χ3n) is 2.96. The van der Waals surface area contributed by atoms with E-state index in [0.717, 1.165) is 24.8 Å². The van der Waals surface area contributed by atoms with Gasteiger partial charge in [0, 0.05) is 18.2 Å². The van der Waals surface area contributed by atoms with Gasteiger partial charge < -0.3 is 10.0 Å². The molecule has 3 heteroatoms. The molecule has 0 bridgehead atoms. The largest absolute Gasteiger partial charge is 0.395 e. The average molecular weight is 211 g/mol. The summed E-state index contributed by atoms with van der Waals surface area (Å²) < 4.78 is 0. The maximum atomic E-state index is 12.0. The number of aliphatic hydroxyl groups excluding tert-OH is 1. The fourth-order valence-electron chi connectivity index (χ4n) is 1.88. The number of allylic oxidation sites excluding steroid dienone is 1. The van der Waals surface area contributed by atoms with Gasteiger partial charge in [-0.1, -0.05) is 13.0 Å². The summed E-state index contributed by atoms with van der Waals surface area (Å²) in [4.78, 5) is 13.8. The first-order valence-electron chi connectivity index (χ1n) is 5.79. The predicted octanol–water partition coefficient (Wildman–Crippen LogP) is 1.72. The number of hydrogen-bond donors (Lipinski definition) is 1. The minimum absolute atomic E-state index is 0.0572. The number of nitrogens with zero attached hydrogens (tertiary/aromatic N) is 1. The van der Waals surface area contributed by atoms with E-state index in [1.807, 2.05) is 24.8 Å². The van der Waals surface area contributed by atoms with E-state index in [2.05, 4.69) is 0 Å². The summed E-state index contributed by atoms with van der Waals surface area (Å²) in [6.07, 6.45) is 6.22. The number of rotatable bonds is 5. The van der Waals surface area contributed by atoms with Crippen molar-refractivity contribution in [3.8, 4) is 0 Å². The molecule has 1 saturated carbocycles. The van der Waals surface area contributed by atoms with Gasteiger partial charge in [0.05, 0.1) is 6.61 Å². The second kappa shape index (κ2) is 5.91. The van der Waals surface area contributed by atoms with Gasteiger partial charge in [0.1, 0.15) is 0 Å². The lowest BCUT2D eigenvalue weighted by atomic mass is 9.91. The van der Waals surface area contributed by atoms with Crippen LogP contribution < -0.4 is 0 Å². The first kappa shape index (κ1) is 12.2. The Hall–Kier alpha value is -0.830. The molecule has 15 heavy (non-hydrogen) atoms. The van der Waals surface area contributed by atoms with Crippen molar-refractivity contribution in [3.63, 3.8) is 0 Å². The van der Waals surface area contributed by atoms with Gasteiger partial charge in [-0.25, -0.2) is 0 Å². The SMILES string of the molecule is CC/C=C(/C)C(=O)N(CCO)C1CCC1. The average Bonchev–Trinajstić information content (AvgIpc) is 2.13. The highest BCUT2D eigenvalue weighted by Crippen LogP contribution is 2.25. The molecule has 1 N–H and O–H groups in total. The van der Waals surface area contributed by atoms with Crippen LogP contribution in [-0.4, -0.2) is 35.1 Å². The van der Waals surface area contributed by atoms with Gasteiger partial charge in [0.2, 0.25) is 5.91 Å². The number of hydrogen-bond acceptors (Lipinski definition) is 2. The summed E-state index contributed by atoms with van der Waals surface area (Å²) in [5, 5.41) is 8.95. The van der Waals surface area contributed by atoms with Crippen LogP contribution in [0.25, 0.3) is 0 Å². The highest BCUT2D eigenvalue weighted by molar-refractivity contribution is 5.93. The molecule has 0 unspecified atom stereocenters. The molecule has 0 aromatic carbocycles. The van der Waals surface area contributed by atoms with Crippen molar-refractivity contribution >= 4 is 5.91 Å². The Morgan fingerprint density at radius 1 is 1.53 bits per heavy atom. The lowest BCUT2D eigenvalue weighted by Crippen LogP contribution is -2.46. The van der Waals surface area contributed by atoms with E-state index in [9.17, 15) is 4.79 Å². The standard InChI is InChI=1S/C12H21NO2/c1-3-5-10(2)12(15)13(8-9-14)11-6-4-7-11/h5,11,14H,3-4,6-9H2,1-2H3/b10-5-. The summed E-state index contributed by atoms with van der Waals surface area (Å²) >= 11 is 0. The number of carbonyl (C=O) groups is 1. The molecule has 86 valence electrons. The summed E-state index contributed by atoms with van der Waals surface area (Å²) in [5.74, 6) is 0.0931. The zero-order chi connectivity index (χ0) is 11.3. The van der Waals surface area contributed by atoms with Gasteiger partial charge in [-0.15, -0.1) is 0 Å². The maximum Gasteiger partial charge on any atom is 0.249 e. The van der Waals surface area contributed by atoms with Crippen LogP contribution in [0.5, 0.6) is 0 Å². The Morgan fingerprint density at radius 2 is 2.20 bits per heavy atom. The molecule has 0 atom stereocenters. The predicted molar refractivity (Wildman–Crippen MR) is 60.5 cm³/mol. The van der Waals surface area contributed by atoms with E-state index >= 15 is 0 Å². The van der Waals surface area contributed by atoms with Crippen LogP contribution in [0, 0.1) is 0 Å². The summed E-state index contributed by atoms with van der Waals surface area (Å²) in [6.45, 7) is 4.41. The highest BCUT2D eigenvalue weighted by Gasteiger charge is 2.28. The second-order valence-corrected chi connectivity index (χ2v) is 4.10. The summed E-state index contributed by atoms with van der Waals surface area (Å²) in [5.41, 5.74) is 0.804. The van der Waals surface area contributed by atoms with Crippen LogP contribution in [0.2, 0.25) is 0 Å². The molecular weight excluding hydrogens is 190 g/mol. The molecule has 1 aliphatic carbocycles. The normalized spacial score (nSPS) is 17.4. The van der Waals surface area contributed by atoms with Gasteiger partial charge in [0.25, 0.3) is 0 Å². The minimum Gasteiger partial charge on any atom is -0.395 e. The van der Waals surface area contributed by atoms with Crippen LogP contribution in [-0.2, 0) is 4.79 Å². The molecule has 0 spiro atoms. The van der Waals surface area contributed by atoms with Gasteiger partial charge in [-0.2, -0.15) is 0 Å². The molecule has 0 aliphatic heterocycles. The number of amides is 1. The van der Waals surface area contributed by atoms with Gasteiger partial charge in [0.15, 0.2) is 0 Å². The highest BCUT2D eigenvalue weighted by atomic mass is 16.3. The van der Waals surface area contributed by atoms with E-state index in [4.69, 9.17) is 5.11 Å². The fraction of sp³-hybridized carbons (Fsp3) is 0.750. The van der Waals surface area contributed by atoms with Crippen molar-refractivity contribution in [2.45, 2.75) is 45.6 Å². The van der Waals surface area contributed by atoms with E-state index in [-0.39, 0.29) is 12.5 Å².